The minimum atomic E-state index is 0.390. The molecule has 1 heterocycles. The van der Waals surface area contributed by atoms with E-state index in [4.69, 9.17) is 14.5 Å². The SMILES string of the molecule is CCNC(=NCC1(CCOCC)CC1)N1CCN(c2ccc(OC)cc2)CC1. The van der Waals surface area contributed by atoms with Crippen molar-refractivity contribution in [3.63, 3.8) is 0 Å². The van der Waals surface area contributed by atoms with Crippen molar-refractivity contribution in [1.29, 1.82) is 0 Å². The van der Waals surface area contributed by atoms with Gasteiger partial charge in [-0.15, -0.1) is 0 Å². The number of ether oxygens (including phenoxy) is 2. The Hall–Kier alpha value is -1.95. The topological polar surface area (TPSA) is 49.3 Å². The van der Waals surface area contributed by atoms with Crippen molar-refractivity contribution < 1.29 is 9.47 Å². The Labute approximate surface area is 169 Å². The Morgan fingerprint density at radius 3 is 2.39 bits per heavy atom. The van der Waals surface area contributed by atoms with E-state index in [1.165, 1.54) is 18.5 Å². The van der Waals surface area contributed by atoms with Gasteiger partial charge >= 0.3 is 0 Å². The molecule has 0 spiro atoms. The zero-order valence-electron chi connectivity index (χ0n) is 17.7. The van der Waals surface area contributed by atoms with Crippen LogP contribution in [0.15, 0.2) is 29.3 Å². The maximum Gasteiger partial charge on any atom is 0.194 e. The molecular weight excluding hydrogens is 352 g/mol. The minimum absolute atomic E-state index is 0.390. The third-order valence-corrected chi connectivity index (χ3v) is 5.85. The fraction of sp³-hybridized carbons (Fsp3) is 0.682. The van der Waals surface area contributed by atoms with E-state index in [-0.39, 0.29) is 0 Å². The summed E-state index contributed by atoms with van der Waals surface area (Å²) in [5.41, 5.74) is 1.65. The van der Waals surface area contributed by atoms with Crippen molar-refractivity contribution >= 4 is 11.6 Å². The normalized spacial score (nSPS) is 18.9. The van der Waals surface area contributed by atoms with Crippen LogP contribution < -0.4 is 15.0 Å². The van der Waals surface area contributed by atoms with Crippen LogP contribution in [0, 0.1) is 5.41 Å². The first-order valence-electron chi connectivity index (χ1n) is 10.7. The van der Waals surface area contributed by atoms with Crippen molar-refractivity contribution in [2.75, 3.05) is 64.5 Å². The van der Waals surface area contributed by atoms with Gasteiger partial charge in [0.2, 0.25) is 0 Å². The fourth-order valence-electron chi connectivity index (χ4n) is 3.73. The summed E-state index contributed by atoms with van der Waals surface area (Å²) in [6.07, 6.45) is 3.71. The summed E-state index contributed by atoms with van der Waals surface area (Å²) in [7, 11) is 1.71. The van der Waals surface area contributed by atoms with E-state index < -0.39 is 0 Å². The Kier molecular flexibility index (Phi) is 7.43. The molecule has 0 aromatic heterocycles. The quantitative estimate of drug-likeness (QED) is 0.400. The summed E-state index contributed by atoms with van der Waals surface area (Å²) in [5, 5.41) is 3.50. The second kappa shape index (κ2) is 10.0. The number of nitrogens with one attached hydrogen (secondary N) is 1. The van der Waals surface area contributed by atoms with Crippen LogP contribution in [0.2, 0.25) is 0 Å². The predicted molar refractivity (Wildman–Crippen MR) is 116 cm³/mol. The molecule has 0 atom stereocenters. The van der Waals surface area contributed by atoms with Gasteiger partial charge < -0.3 is 24.6 Å². The van der Waals surface area contributed by atoms with Crippen LogP contribution in [-0.4, -0.2) is 70.5 Å². The Balaban J connectivity index is 1.53. The van der Waals surface area contributed by atoms with E-state index in [2.05, 4.69) is 41.1 Å². The van der Waals surface area contributed by atoms with Crippen molar-refractivity contribution in [1.82, 2.24) is 10.2 Å². The molecule has 6 heteroatoms. The van der Waals surface area contributed by atoms with E-state index >= 15 is 0 Å². The van der Waals surface area contributed by atoms with Crippen LogP contribution in [-0.2, 0) is 4.74 Å². The zero-order valence-corrected chi connectivity index (χ0v) is 17.7. The molecule has 0 amide bonds. The number of hydrogen-bond donors (Lipinski definition) is 1. The third-order valence-electron chi connectivity index (χ3n) is 5.85. The second-order valence-electron chi connectivity index (χ2n) is 7.79. The number of methoxy groups -OCH3 is 1. The van der Waals surface area contributed by atoms with Crippen molar-refractivity contribution in [3.05, 3.63) is 24.3 Å². The van der Waals surface area contributed by atoms with E-state index in [1.807, 2.05) is 12.1 Å². The lowest BCUT2D eigenvalue weighted by Crippen LogP contribution is -2.52. The Morgan fingerprint density at radius 2 is 1.82 bits per heavy atom. The molecule has 2 aliphatic rings. The molecule has 2 fully saturated rings. The first kappa shape index (κ1) is 20.8. The molecule has 0 radical (unpaired) electrons. The highest BCUT2D eigenvalue weighted by atomic mass is 16.5. The lowest BCUT2D eigenvalue weighted by atomic mass is 10.0. The van der Waals surface area contributed by atoms with Crippen molar-refractivity contribution in [2.24, 2.45) is 10.4 Å². The standard InChI is InChI=1S/C22H36N4O2/c1-4-23-21(24-18-22(10-11-22)12-17-28-5-2)26-15-13-25(14-16-26)19-6-8-20(27-3)9-7-19/h6-9H,4-5,10-18H2,1-3H3,(H,23,24). The Morgan fingerprint density at radius 1 is 1.11 bits per heavy atom. The average Bonchev–Trinajstić information content (AvgIpc) is 3.51. The average molecular weight is 389 g/mol. The van der Waals surface area contributed by atoms with Gasteiger partial charge in [0, 0.05) is 58.2 Å². The number of benzene rings is 1. The summed E-state index contributed by atoms with van der Waals surface area (Å²) in [6.45, 7) is 11.7. The van der Waals surface area contributed by atoms with Crippen molar-refractivity contribution in [2.45, 2.75) is 33.1 Å². The number of hydrogen-bond acceptors (Lipinski definition) is 4. The van der Waals surface area contributed by atoms with E-state index in [1.54, 1.807) is 7.11 Å². The summed E-state index contributed by atoms with van der Waals surface area (Å²) in [5.74, 6) is 1.97. The van der Waals surface area contributed by atoms with Gasteiger partial charge in [-0.25, -0.2) is 0 Å². The summed E-state index contributed by atoms with van der Waals surface area (Å²) < 4.78 is 10.8. The van der Waals surface area contributed by atoms with Gasteiger partial charge in [0.1, 0.15) is 5.75 Å². The molecule has 1 aromatic rings. The zero-order chi connectivity index (χ0) is 19.8. The highest BCUT2D eigenvalue weighted by molar-refractivity contribution is 5.80. The molecule has 1 saturated heterocycles. The number of anilines is 1. The van der Waals surface area contributed by atoms with E-state index in [0.717, 1.165) is 70.6 Å². The minimum Gasteiger partial charge on any atom is -0.497 e. The Bertz CT molecular complexity index is 620. The molecule has 1 N–H and O–H groups in total. The summed E-state index contributed by atoms with van der Waals surface area (Å²) in [4.78, 5) is 9.85. The molecule has 1 aliphatic carbocycles. The highest BCUT2D eigenvalue weighted by Crippen LogP contribution is 2.49. The van der Waals surface area contributed by atoms with E-state index in [0.29, 0.717) is 5.41 Å². The first-order chi connectivity index (χ1) is 13.7. The number of piperazine rings is 1. The van der Waals surface area contributed by atoms with Gasteiger partial charge in [0.05, 0.1) is 7.11 Å². The van der Waals surface area contributed by atoms with E-state index in [9.17, 15) is 0 Å². The smallest absolute Gasteiger partial charge is 0.194 e. The van der Waals surface area contributed by atoms with Gasteiger partial charge in [0.15, 0.2) is 5.96 Å². The second-order valence-corrected chi connectivity index (χ2v) is 7.79. The molecule has 0 bridgehead atoms. The van der Waals surface area contributed by atoms with Crippen LogP contribution >= 0.6 is 0 Å². The number of rotatable bonds is 9. The van der Waals surface area contributed by atoms with Gasteiger partial charge in [-0.3, -0.25) is 4.99 Å². The molecule has 1 aromatic carbocycles. The summed E-state index contributed by atoms with van der Waals surface area (Å²) in [6, 6.07) is 8.35. The molecule has 0 unspecified atom stereocenters. The molecule has 1 aliphatic heterocycles. The van der Waals surface area contributed by atoms with Crippen LogP contribution in [0.1, 0.15) is 33.1 Å². The number of nitrogens with zero attached hydrogens (tertiary/aromatic N) is 3. The first-order valence-corrected chi connectivity index (χ1v) is 10.7. The summed E-state index contributed by atoms with van der Waals surface area (Å²) >= 11 is 0. The molecule has 156 valence electrons. The molecule has 28 heavy (non-hydrogen) atoms. The monoisotopic (exact) mass is 388 g/mol. The van der Waals surface area contributed by atoms with Gasteiger partial charge in [-0.2, -0.15) is 0 Å². The van der Waals surface area contributed by atoms with Crippen LogP contribution in [0.3, 0.4) is 0 Å². The van der Waals surface area contributed by atoms with Crippen LogP contribution in [0.25, 0.3) is 0 Å². The van der Waals surface area contributed by atoms with Crippen LogP contribution in [0.5, 0.6) is 5.75 Å². The molecular formula is C22H36N4O2. The largest absolute Gasteiger partial charge is 0.497 e. The number of guanidine groups is 1. The van der Waals surface area contributed by atoms with Crippen LogP contribution in [0.4, 0.5) is 5.69 Å². The third kappa shape index (κ3) is 5.53. The predicted octanol–water partition coefficient (Wildman–Crippen LogP) is 2.99. The fourth-order valence-corrected chi connectivity index (χ4v) is 3.73. The maximum atomic E-state index is 5.56. The molecule has 1 saturated carbocycles. The lowest BCUT2D eigenvalue weighted by molar-refractivity contribution is 0.129. The maximum absolute atomic E-state index is 5.56. The molecule has 3 rings (SSSR count). The van der Waals surface area contributed by atoms with Gasteiger partial charge in [-0.1, -0.05) is 0 Å². The van der Waals surface area contributed by atoms with Crippen molar-refractivity contribution in [3.8, 4) is 5.75 Å². The van der Waals surface area contributed by atoms with Gasteiger partial charge in [0.25, 0.3) is 0 Å². The van der Waals surface area contributed by atoms with Gasteiger partial charge in [-0.05, 0) is 62.8 Å². The number of aliphatic imine (C=N–C) groups is 1. The molecule has 6 nitrogen and oxygen atoms in total. The highest BCUT2D eigenvalue weighted by Gasteiger charge is 2.42. The lowest BCUT2D eigenvalue weighted by Gasteiger charge is -2.38.